The molecule has 0 saturated heterocycles. The number of hydrazone groups is 1. The third-order valence-electron chi connectivity index (χ3n) is 0.276. The second-order valence-electron chi connectivity index (χ2n) is 0.837. The van der Waals surface area contributed by atoms with Gasteiger partial charge in [-0.25, -0.2) is 5.43 Å². The van der Waals surface area contributed by atoms with Crippen LogP contribution in [0, 0.1) is 12.3 Å². The lowest BCUT2D eigenvalue weighted by Gasteiger charge is -1.88. The fraction of sp³-hybridized carbons (Fsp3) is 0. The Kier molecular flexibility index (Phi) is 2.67. The van der Waals surface area contributed by atoms with Gasteiger partial charge in [-0.15, -0.1) is 0 Å². The van der Waals surface area contributed by atoms with E-state index in [0.717, 1.165) is 0 Å². The molecule has 0 atom stereocenters. The zero-order valence-electron chi connectivity index (χ0n) is 3.81. The minimum atomic E-state index is -0.181. The molecule has 0 aliphatic rings. The highest BCUT2D eigenvalue weighted by Gasteiger charge is 1.72. The van der Waals surface area contributed by atoms with Gasteiger partial charge in [-0.2, -0.15) is 5.10 Å². The van der Waals surface area contributed by atoms with Crippen LogP contribution in [0.15, 0.2) is 5.10 Å². The molecule has 0 aromatic rings. The van der Waals surface area contributed by atoms with Crippen molar-refractivity contribution in [3.63, 3.8) is 0 Å². The van der Waals surface area contributed by atoms with Gasteiger partial charge in [-0.3, -0.25) is 5.41 Å². The molecule has 0 fully saturated rings. The van der Waals surface area contributed by atoms with Crippen LogP contribution in [0.25, 0.3) is 0 Å². The lowest BCUT2D eigenvalue weighted by molar-refractivity contribution is 1.00. The minimum Gasteiger partial charge on any atom is -0.369 e. The van der Waals surface area contributed by atoms with Crippen LogP contribution in [-0.4, -0.2) is 12.2 Å². The number of nitrogens with zero attached hydrogens (tertiary/aromatic N) is 1. The predicted octanol–water partition coefficient (Wildman–Crippen LogP) is -0.711. The number of nitrogens with two attached hydrogens (primary N) is 1. The van der Waals surface area contributed by atoms with Gasteiger partial charge in [-0.1, -0.05) is 0 Å². The van der Waals surface area contributed by atoms with Crippen molar-refractivity contribution >= 4 is 12.2 Å². The third kappa shape index (κ3) is 4.94. The summed E-state index contributed by atoms with van der Waals surface area (Å²) in [4.78, 5) is 0. The van der Waals surface area contributed by atoms with E-state index in [-0.39, 0.29) is 5.96 Å². The Morgan fingerprint density at radius 1 is 2.00 bits per heavy atom. The Morgan fingerprint density at radius 3 is 2.71 bits per heavy atom. The van der Waals surface area contributed by atoms with E-state index in [0.29, 0.717) is 0 Å². The first-order chi connectivity index (χ1) is 3.27. The summed E-state index contributed by atoms with van der Waals surface area (Å²) in [5.41, 5.74) is 6.97. The molecule has 0 aliphatic heterocycles. The highest BCUT2D eigenvalue weighted by Crippen LogP contribution is 1.49. The van der Waals surface area contributed by atoms with E-state index in [1.54, 1.807) is 0 Å². The average molecular weight is 99.1 g/mol. The molecule has 4 heteroatoms. The quantitative estimate of drug-likeness (QED) is 0.231. The summed E-state index contributed by atoms with van der Waals surface area (Å²) in [7, 11) is 0. The molecular weight excluding hydrogens is 92.1 g/mol. The molecule has 0 aromatic carbocycles. The fourth-order valence-electron chi connectivity index (χ4n) is 0.115. The van der Waals surface area contributed by atoms with Gasteiger partial charge in [0.2, 0.25) is 5.96 Å². The van der Waals surface area contributed by atoms with Gasteiger partial charge in [0, 0.05) is 6.21 Å². The smallest absolute Gasteiger partial charge is 0.206 e. The molecule has 39 valence electrons. The van der Waals surface area contributed by atoms with Crippen LogP contribution in [0.3, 0.4) is 0 Å². The Labute approximate surface area is 41.9 Å². The summed E-state index contributed by atoms with van der Waals surface area (Å²) in [5.74, 6) is -0.181. The van der Waals surface area contributed by atoms with Crippen LogP contribution >= 0.6 is 0 Å². The van der Waals surface area contributed by atoms with Crippen molar-refractivity contribution in [1.82, 2.24) is 5.43 Å². The fourth-order valence-corrected chi connectivity index (χ4v) is 0.115. The van der Waals surface area contributed by atoms with Gasteiger partial charge in [0.1, 0.15) is 0 Å². The molecule has 0 bridgehead atoms. The van der Waals surface area contributed by atoms with Gasteiger partial charge < -0.3 is 5.73 Å². The van der Waals surface area contributed by atoms with Crippen molar-refractivity contribution in [3.8, 4) is 0 Å². The first-order valence-electron chi connectivity index (χ1n) is 1.68. The minimum absolute atomic E-state index is 0.181. The van der Waals surface area contributed by atoms with Crippen molar-refractivity contribution in [2.45, 2.75) is 0 Å². The summed E-state index contributed by atoms with van der Waals surface area (Å²) < 4.78 is 0. The summed E-state index contributed by atoms with van der Waals surface area (Å²) in [6.07, 6.45) is 1.27. The molecule has 0 aromatic heterocycles. The maximum Gasteiger partial charge on any atom is 0.206 e. The van der Waals surface area contributed by atoms with Crippen LogP contribution < -0.4 is 11.2 Å². The normalized spacial score (nSPS) is 9.29. The molecule has 4 N–H and O–H groups in total. The Hall–Kier alpha value is -1.06. The first kappa shape index (κ1) is 5.94. The standard InChI is InChI=1S/C3H7N4/c1-2-6-7-3(4)5/h2H,1H2,(H4,4,5,7). The Balaban J connectivity index is 3.14. The molecule has 0 saturated carbocycles. The molecule has 0 unspecified atom stereocenters. The van der Waals surface area contributed by atoms with Gasteiger partial charge in [0.15, 0.2) is 0 Å². The van der Waals surface area contributed by atoms with Crippen molar-refractivity contribution in [2.24, 2.45) is 10.8 Å². The maximum absolute atomic E-state index is 6.52. The monoisotopic (exact) mass is 99.1 g/mol. The topological polar surface area (TPSA) is 74.3 Å². The molecule has 1 radical (unpaired) electrons. The molecule has 0 aliphatic carbocycles. The van der Waals surface area contributed by atoms with E-state index in [1.807, 2.05) is 0 Å². The van der Waals surface area contributed by atoms with Gasteiger partial charge in [0.25, 0.3) is 0 Å². The van der Waals surface area contributed by atoms with E-state index < -0.39 is 0 Å². The van der Waals surface area contributed by atoms with Crippen LogP contribution in [0.5, 0.6) is 0 Å². The maximum atomic E-state index is 6.52. The largest absolute Gasteiger partial charge is 0.369 e. The molecule has 4 nitrogen and oxygen atoms in total. The van der Waals surface area contributed by atoms with E-state index in [4.69, 9.17) is 11.1 Å². The van der Waals surface area contributed by atoms with Gasteiger partial charge in [-0.05, 0) is 6.92 Å². The Bertz CT molecular complexity index is 84.9. The van der Waals surface area contributed by atoms with Crippen molar-refractivity contribution in [2.75, 3.05) is 0 Å². The highest BCUT2D eigenvalue weighted by molar-refractivity contribution is 5.75. The third-order valence-corrected chi connectivity index (χ3v) is 0.276. The van der Waals surface area contributed by atoms with E-state index >= 15 is 0 Å². The molecule has 0 rings (SSSR count). The second-order valence-corrected chi connectivity index (χ2v) is 0.837. The predicted molar refractivity (Wildman–Crippen MR) is 28.9 cm³/mol. The summed E-state index contributed by atoms with van der Waals surface area (Å²) in [6, 6.07) is 0. The average Bonchev–Trinajstić information content (AvgIpc) is 1.61. The molecule has 0 amide bonds. The zero-order chi connectivity index (χ0) is 5.70. The number of hydrogen-bond acceptors (Lipinski definition) is 2. The highest BCUT2D eigenvalue weighted by atomic mass is 15.3. The van der Waals surface area contributed by atoms with Crippen LogP contribution in [0.4, 0.5) is 0 Å². The van der Waals surface area contributed by atoms with E-state index in [1.165, 1.54) is 6.21 Å². The summed E-state index contributed by atoms with van der Waals surface area (Å²) >= 11 is 0. The molecule has 0 heterocycles. The summed E-state index contributed by atoms with van der Waals surface area (Å²) in [6.45, 7) is 3.25. The SMILES string of the molecule is [CH2]C=NNC(=N)N. The van der Waals surface area contributed by atoms with Crippen molar-refractivity contribution < 1.29 is 0 Å². The number of nitrogens with one attached hydrogen (secondary N) is 2. The number of guanidine groups is 1. The number of hydrogen-bond donors (Lipinski definition) is 3. The zero-order valence-corrected chi connectivity index (χ0v) is 3.81. The van der Waals surface area contributed by atoms with Crippen LogP contribution in [-0.2, 0) is 0 Å². The second kappa shape index (κ2) is 3.14. The van der Waals surface area contributed by atoms with Crippen LogP contribution in [0.2, 0.25) is 0 Å². The molecule has 7 heavy (non-hydrogen) atoms. The van der Waals surface area contributed by atoms with Crippen molar-refractivity contribution in [3.05, 3.63) is 6.92 Å². The van der Waals surface area contributed by atoms with E-state index in [2.05, 4.69) is 17.5 Å². The van der Waals surface area contributed by atoms with Crippen LogP contribution in [0.1, 0.15) is 0 Å². The van der Waals surface area contributed by atoms with E-state index in [9.17, 15) is 0 Å². The lowest BCUT2D eigenvalue weighted by Crippen LogP contribution is -2.25. The lowest BCUT2D eigenvalue weighted by atomic mass is 10.9. The van der Waals surface area contributed by atoms with Gasteiger partial charge in [0.05, 0.1) is 0 Å². The Morgan fingerprint density at radius 2 is 2.57 bits per heavy atom. The van der Waals surface area contributed by atoms with Crippen molar-refractivity contribution in [1.29, 1.82) is 5.41 Å². The summed E-state index contributed by atoms with van der Waals surface area (Å²) in [5, 5.41) is 9.86. The first-order valence-corrected chi connectivity index (χ1v) is 1.68. The molecule has 0 spiro atoms. The number of rotatable bonds is 1. The van der Waals surface area contributed by atoms with Gasteiger partial charge >= 0.3 is 0 Å². The molecular formula is C3H7N4.